The molecule has 16 heavy (non-hydrogen) atoms. The number of likely N-dealkylation sites (N-methyl/N-ethyl adjacent to an activating group) is 1. The monoisotopic (exact) mass is 224 g/mol. The van der Waals surface area contributed by atoms with Gasteiger partial charge in [0.25, 0.3) is 0 Å². The number of hydrogen-bond donors (Lipinski definition) is 1. The van der Waals surface area contributed by atoms with Crippen molar-refractivity contribution in [2.45, 2.75) is 58.0 Å². The highest BCUT2D eigenvalue weighted by molar-refractivity contribution is 4.87. The third-order valence-electron chi connectivity index (χ3n) is 4.71. The molecule has 2 aliphatic rings. The molecule has 1 aliphatic carbocycles. The minimum absolute atomic E-state index is 0.772. The molecule has 0 bridgehead atoms. The van der Waals surface area contributed by atoms with E-state index in [1.54, 1.807) is 0 Å². The van der Waals surface area contributed by atoms with Gasteiger partial charge in [-0.1, -0.05) is 26.7 Å². The first-order chi connectivity index (χ1) is 7.68. The van der Waals surface area contributed by atoms with Crippen LogP contribution in [0.4, 0.5) is 0 Å². The average molecular weight is 224 g/mol. The highest BCUT2D eigenvalue weighted by atomic mass is 15.2. The Labute approximate surface area is 101 Å². The van der Waals surface area contributed by atoms with Crippen LogP contribution in [0, 0.1) is 11.8 Å². The summed E-state index contributed by atoms with van der Waals surface area (Å²) in [7, 11) is 2.36. The van der Waals surface area contributed by atoms with Crippen molar-refractivity contribution in [1.29, 1.82) is 0 Å². The standard InChI is InChI=1S/C14H28N2/c1-11-8-13(10-15-9-11)16(3)14-7-5-4-6-12(14)2/h11-15H,4-10H2,1-3H3. The summed E-state index contributed by atoms with van der Waals surface area (Å²) < 4.78 is 0. The highest BCUT2D eigenvalue weighted by Gasteiger charge is 2.31. The third kappa shape index (κ3) is 2.78. The lowest BCUT2D eigenvalue weighted by molar-refractivity contribution is 0.0735. The smallest absolute Gasteiger partial charge is 0.0223 e. The Morgan fingerprint density at radius 1 is 1.06 bits per heavy atom. The van der Waals surface area contributed by atoms with Crippen molar-refractivity contribution in [2.24, 2.45) is 11.8 Å². The molecule has 0 amide bonds. The van der Waals surface area contributed by atoms with Crippen molar-refractivity contribution in [3.63, 3.8) is 0 Å². The van der Waals surface area contributed by atoms with E-state index in [1.165, 1.54) is 45.2 Å². The van der Waals surface area contributed by atoms with Crippen LogP contribution in [-0.2, 0) is 0 Å². The van der Waals surface area contributed by atoms with Crippen LogP contribution >= 0.6 is 0 Å². The van der Waals surface area contributed by atoms with Gasteiger partial charge in [0.2, 0.25) is 0 Å². The van der Waals surface area contributed by atoms with Crippen LogP contribution in [0.25, 0.3) is 0 Å². The van der Waals surface area contributed by atoms with Gasteiger partial charge in [0.05, 0.1) is 0 Å². The van der Waals surface area contributed by atoms with Crippen LogP contribution in [0.1, 0.15) is 46.0 Å². The second-order valence-corrected chi connectivity index (χ2v) is 6.15. The summed E-state index contributed by atoms with van der Waals surface area (Å²) in [5, 5.41) is 3.58. The Bertz CT molecular complexity index is 217. The van der Waals surface area contributed by atoms with Crippen LogP contribution < -0.4 is 5.32 Å². The first-order valence-corrected chi connectivity index (χ1v) is 7.11. The predicted molar refractivity (Wildman–Crippen MR) is 69.6 cm³/mol. The van der Waals surface area contributed by atoms with E-state index in [0.717, 1.165) is 23.9 Å². The van der Waals surface area contributed by atoms with E-state index in [-0.39, 0.29) is 0 Å². The molecule has 2 rings (SSSR count). The van der Waals surface area contributed by atoms with Crippen LogP contribution in [0.5, 0.6) is 0 Å². The van der Waals surface area contributed by atoms with Gasteiger partial charge in [-0.25, -0.2) is 0 Å². The van der Waals surface area contributed by atoms with Gasteiger partial charge in [-0.05, 0) is 44.7 Å². The maximum atomic E-state index is 3.58. The largest absolute Gasteiger partial charge is 0.315 e. The number of hydrogen-bond acceptors (Lipinski definition) is 2. The summed E-state index contributed by atoms with van der Waals surface area (Å²) in [4.78, 5) is 2.69. The molecule has 2 heteroatoms. The van der Waals surface area contributed by atoms with Crippen molar-refractivity contribution < 1.29 is 0 Å². The summed E-state index contributed by atoms with van der Waals surface area (Å²) in [6, 6.07) is 1.61. The Hall–Kier alpha value is -0.0800. The van der Waals surface area contributed by atoms with Crippen molar-refractivity contribution in [3.05, 3.63) is 0 Å². The van der Waals surface area contributed by atoms with Crippen molar-refractivity contribution in [1.82, 2.24) is 10.2 Å². The van der Waals surface area contributed by atoms with Gasteiger partial charge in [-0.3, -0.25) is 4.90 Å². The van der Waals surface area contributed by atoms with E-state index in [2.05, 4.69) is 31.1 Å². The number of nitrogens with one attached hydrogen (secondary N) is 1. The fourth-order valence-electron chi connectivity index (χ4n) is 3.61. The van der Waals surface area contributed by atoms with Crippen molar-refractivity contribution in [3.8, 4) is 0 Å². The van der Waals surface area contributed by atoms with Gasteiger partial charge < -0.3 is 5.32 Å². The maximum Gasteiger partial charge on any atom is 0.0223 e. The van der Waals surface area contributed by atoms with E-state index < -0.39 is 0 Å². The topological polar surface area (TPSA) is 15.3 Å². The zero-order chi connectivity index (χ0) is 11.5. The molecule has 2 fully saturated rings. The SMILES string of the molecule is CC1CNCC(N(C)C2CCCCC2C)C1. The molecule has 0 aromatic rings. The van der Waals surface area contributed by atoms with E-state index in [0.29, 0.717) is 0 Å². The fourth-order valence-corrected chi connectivity index (χ4v) is 3.61. The van der Waals surface area contributed by atoms with Crippen molar-refractivity contribution in [2.75, 3.05) is 20.1 Å². The van der Waals surface area contributed by atoms with Crippen LogP contribution in [-0.4, -0.2) is 37.1 Å². The minimum atomic E-state index is 0.772. The van der Waals surface area contributed by atoms with Crippen LogP contribution in [0.3, 0.4) is 0 Å². The molecule has 4 atom stereocenters. The van der Waals surface area contributed by atoms with Gasteiger partial charge >= 0.3 is 0 Å². The third-order valence-corrected chi connectivity index (χ3v) is 4.71. The Morgan fingerprint density at radius 3 is 2.50 bits per heavy atom. The molecule has 94 valence electrons. The molecule has 0 spiro atoms. The molecular formula is C14H28N2. The zero-order valence-electron chi connectivity index (χ0n) is 11.2. The summed E-state index contributed by atoms with van der Waals surface area (Å²) in [5.74, 6) is 1.75. The van der Waals surface area contributed by atoms with Gasteiger partial charge in [-0.2, -0.15) is 0 Å². The van der Waals surface area contributed by atoms with E-state index >= 15 is 0 Å². The lowest BCUT2D eigenvalue weighted by Crippen LogP contribution is -2.52. The number of nitrogens with zero attached hydrogens (tertiary/aromatic N) is 1. The van der Waals surface area contributed by atoms with Gasteiger partial charge in [0.15, 0.2) is 0 Å². The number of rotatable bonds is 2. The van der Waals surface area contributed by atoms with Crippen LogP contribution in [0.15, 0.2) is 0 Å². The highest BCUT2D eigenvalue weighted by Crippen LogP contribution is 2.29. The molecule has 2 nitrogen and oxygen atoms in total. The average Bonchev–Trinajstić information content (AvgIpc) is 2.29. The predicted octanol–water partition coefficient (Wildman–Crippen LogP) is 2.49. The van der Waals surface area contributed by atoms with E-state index in [9.17, 15) is 0 Å². The summed E-state index contributed by atoms with van der Waals surface area (Å²) in [6.45, 7) is 7.23. The first kappa shape index (κ1) is 12.4. The lowest BCUT2D eigenvalue weighted by atomic mass is 9.83. The fraction of sp³-hybridized carbons (Fsp3) is 1.00. The lowest BCUT2D eigenvalue weighted by Gasteiger charge is -2.43. The second-order valence-electron chi connectivity index (χ2n) is 6.15. The molecule has 0 aromatic carbocycles. The van der Waals surface area contributed by atoms with Gasteiger partial charge in [0.1, 0.15) is 0 Å². The molecule has 0 aromatic heterocycles. The molecule has 1 aliphatic heterocycles. The molecule has 1 N–H and O–H groups in total. The molecule has 0 radical (unpaired) electrons. The Balaban J connectivity index is 1.91. The summed E-state index contributed by atoms with van der Waals surface area (Å²) in [6.07, 6.45) is 7.12. The maximum absolute atomic E-state index is 3.58. The molecule has 1 saturated carbocycles. The summed E-state index contributed by atoms with van der Waals surface area (Å²) >= 11 is 0. The van der Waals surface area contributed by atoms with Gasteiger partial charge in [0, 0.05) is 18.6 Å². The molecule has 4 unspecified atom stereocenters. The number of piperidine rings is 1. The van der Waals surface area contributed by atoms with E-state index in [4.69, 9.17) is 0 Å². The molecular weight excluding hydrogens is 196 g/mol. The Morgan fingerprint density at radius 2 is 1.81 bits per heavy atom. The molecule has 1 heterocycles. The normalized spacial score (nSPS) is 41.2. The van der Waals surface area contributed by atoms with Crippen molar-refractivity contribution >= 4 is 0 Å². The second kappa shape index (κ2) is 5.50. The summed E-state index contributed by atoms with van der Waals surface area (Å²) in [5.41, 5.74) is 0. The van der Waals surface area contributed by atoms with Crippen LogP contribution in [0.2, 0.25) is 0 Å². The Kier molecular flexibility index (Phi) is 4.26. The zero-order valence-corrected chi connectivity index (χ0v) is 11.2. The first-order valence-electron chi connectivity index (χ1n) is 7.11. The van der Waals surface area contributed by atoms with E-state index in [1.807, 2.05) is 0 Å². The molecule has 1 saturated heterocycles. The minimum Gasteiger partial charge on any atom is -0.315 e. The quantitative estimate of drug-likeness (QED) is 0.775. The van der Waals surface area contributed by atoms with Gasteiger partial charge in [-0.15, -0.1) is 0 Å².